The van der Waals surface area contributed by atoms with Gasteiger partial charge in [0.25, 0.3) is 11.8 Å². The average molecular weight is 393 g/mol. The van der Waals surface area contributed by atoms with Crippen molar-refractivity contribution in [2.75, 3.05) is 46.0 Å². The zero-order valence-corrected chi connectivity index (χ0v) is 15.6. The van der Waals surface area contributed by atoms with E-state index in [9.17, 15) is 19.2 Å². The molecule has 10 nitrogen and oxygen atoms in total. The second-order valence-corrected chi connectivity index (χ2v) is 5.88. The fourth-order valence-corrected chi connectivity index (χ4v) is 2.56. The van der Waals surface area contributed by atoms with E-state index >= 15 is 0 Å². The van der Waals surface area contributed by atoms with Crippen LogP contribution in [0.15, 0.2) is 24.3 Å². The number of piperazine rings is 1. The first-order valence-electron chi connectivity index (χ1n) is 8.79. The Hall–Kier alpha value is -3.30. The Balaban J connectivity index is 1.72. The number of esters is 1. The summed E-state index contributed by atoms with van der Waals surface area (Å²) in [7, 11) is 0. The van der Waals surface area contributed by atoms with Crippen LogP contribution in [0.2, 0.25) is 0 Å². The summed E-state index contributed by atoms with van der Waals surface area (Å²) < 4.78 is 15.1. The number of para-hydroxylation sites is 1. The Bertz CT molecular complexity index is 730. The Labute approximate surface area is 162 Å². The lowest BCUT2D eigenvalue weighted by Gasteiger charge is -2.33. The predicted molar refractivity (Wildman–Crippen MR) is 96.6 cm³/mol. The van der Waals surface area contributed by atoms with Crippen LogP contribution in [0.3, 0.4) is 0 Å². The molecule has 0 aromatic heterocycles. The molecule has 0 spiro atoms. The normalized spacial score (nSPS) is 13.6. The van der Waals surface area contributed by atoms with Gasteiger partial charge in [-0.15, -0.1) is 0 Å². The van der Waals surface area contributed by atoms with Gasteiger partial charge in [-0.1, -0.05) is 12.1 Å². The minimum atomic E-state index is -0.752. The molecule has 0 bridgehead atoms. The molecule has 0 atom stereocenters. The van der Waals surface area contributed by atoms with Crippen molar-refractivity contribution in [3.63, 3.8) is 0 Å². The van der Waals surface area contributed by atoms with Crippen LogP contribution < -0.4 is 10.5 Å². The van der Waals surface area contributed by atoms with E-state index < -0.39 is 31.2 Å². The summed E-state index contributed by atoms with van der Waals surface area (Å²) in [5.74, 6) is -1.64. The van der Waals surface area contributed by atoms with Crippen LogP contribution in [0.5, 0.6) is 5.75 Å². The highest BCUT2D eigenvalue weighted by molar-refractivity contribution is 5.95. The van der Waals surface area contributed by atoms with Crippen LogP contribution in [0.1, 0.15) is 17.3 Å². The van der Waals surface area contributed by atoms with Crippen molar-refractivity contribution in [3.05, 3.63) is 29.8 Å². The van der Waals surface area contributed by atoms with Crippen LogP contribution in [-0.2, 0) is 19.1 Å². The van der Waals surface area contributed by atoms with Crippen LogP contribution in [0.25, 0.3) is 0 Å². The third-order valence-electron chi connectivity index (χ3n) is 4.01. The van der Waals surface area contributed by atoms with Crippen molar-refractivity contribution in [2.24, 2.45) is 5.73 Å². The highest BCUT2D eigenvalue weighted by atomic mass is 16.6. The quantitative estimate of drug-likeness (QED) is 0.646. The Morgan fingerprint density at radius 1 is 0.964 bits per heavy atom. The number of rotatable bonds is 7. The summed E-state index contributed by atoms with van der Waals surface area (Å²) in [5.41, 5.74) is 5.37. The number of nitrogens with two attached hydrogens (primary N) is 1. The summed E-state index contributed by atoms with van der Waals surface area (Å²) in [6, 6.07) is 6.22. The maximum Gasteiger partial charge on any atom is 0.409 e. The molecule has 1 aromatic carbocycles. The largest absolute Gasteiger partial charge is 0.481 e. The van der Waals surface area contributed by atoms with E-state index in [1.54, 1.807) is 19.1 Å². The van der Waals surface area contributed by atoms with E-state index in [1.165, 1.54) is 21.9 Å². The van der Waals surface area contributed by atoms with Gasteiger partial charge in [0.05, 0.1) is 12.2 Å². The lowest BCUT2D eigenvalue weighted by atomic mass is 10.2. The van der Waals surface area contributed by atoms with E-state index in [-0.39, 0.29) is 17.2 Å². The zero-order chi connectivity index (χ0) is 20.5. The second-order valence-electron chi connectivity index (χ2n) is 5.88. The molecular formula is C18H23N3O7. The highest BCUT2D eigenvalue weighted by Gasteiger charge is 2.25. The molecule has 1 saturated heterocycles. The van der Waals surface area contributed by atoms with Crippen molar-refractivity contribution in [1.29, 1.82) is 0 Å². The van der Waals surface area contributed by atoms with Crippen molar-refractivity contribution in [1.82, 2.24) is 9.80 Å². The number of nitrogens with zero attached hydrogens (tertiary/aromatic N) is 2. The molecule has 152 valence electrons. The fraction of sp³-hybridized carbons (Fsp3) is 0.444. The molecule has 28 heavy (non-hydrogen) atoms. The fourth-order valence-electron chi connectivity index (χ4n) is 2.56. The molecule has 0 aliphatic carbocycles. The van der Waals surface area contributed by atoms with Gasteiger partial charge in [-0.05, 0) is 19.1 Å². The zero-order valence-electron chi connectivity index (χ0n) is 15.6. The smallest absolute Gasteiger partial charge is 0.409 e. The monoisotopic (exact) mass is 393 g/mol. The maximum absolute atomic E-state index is 12.1. The van der Waals surface area contributed by atoms with Crippen molar-refractivity contribution < 1.29 is 33.4 Å². The molecular weight excluding hydrogens is 370 g/mol. The molecule has 0 radical (unpaired) electrons. The lowest BCUT2D eigenvalue weighted by Crippen LogP contribution is -2.51. The first kappa shape index (κ1) is 21.0. The van der Waals surface area contributed by atoms with Gasteiger partial charge in [0.1, 0.15) is 5.75 Å². The van der Waals surface area contributed by atoms with Crippen molar-refractivity contribution in [2.45, 2.75) is 6.92 Å². The number of carbonyl (C=O) groups excluding carboxylic acids is 4. The van der Waals surface area contributed by atoms with E-state index in [4.69, 9.17) is 19.9 Å². The number of benzene rings is 1. The van der Waals surface area contributed by atoms with E-state index in [2.05, 4.69) is 0 Å². The lowest BCUT2D eigenvalue weighted by molar-refractivity contribution is -0.154. The number of ether oxygens (including phenoxy) is 3. The van der Waals surface area contributed by atoms with Gasteiger partial charge in [0.15, 0.2) is 13.2 Å². The minimum Gasteiger partial charge on any atom is -0.481 e. The highest BCUT2D eigenvalue weighted by Crippen LogP contribution is 2.17. The van der Waals surface area contributed by atoms with Crippen molar-refractivity contribution in [3.8, 4) is 5.75 Å². The van der Waals surface area contributed by atoms with Gasteiger partial charge in [0, 0.05) is 26.2 Å². The van der Waals surface area contributed by atoms with Gasteiger partial charge in [-0.25, -0.2) is 9.59 Å². The molecule has 0 unspecified atom stereocenters. The number of amides is 3. The molecule has 2 rings (SSSR count). The molecule has 10 heteroatoms. The number of primary amides is 1. The van der Waals surface area contributed by atoms with Gasteiger partial charge in [-0.3, -0.25) is 9.59 Å². The first-order valence-corrected chi connectivity index (χ1v) is 8.79. The maximum atomic E-state index is 12.1. The summed E-state index contributed by atoms with van der Waals surface area (Å²) in [5, 5.41) is 0. The molecule has 1 aliphatic heterocycles. The third kappa shape index (κ3) is 5.86. The standard InChI is InChI=1S/C18H23N3O7/c1-2-26-18(25)21-9-7-20(8-10-21)15(22)11-28-16(23)12-27-14-6-4-3-5-13(14)17(19)24/h3-6H,2,7-12H2,1H3,(H2,19,24). The predicted octanol–water partition coefficient (Wildman–Crippen LogP) is 0.00820. The Kier molecular flexibility index (Phi) is 7.61. The van der Waals surface area contributed by atoms with E-state index in [1.807, 2.05) is 0 Å². The van der Waals surface area contributed by atoms with Crippen molar-refractivity contribution >= 4 is 23.9 Å². The molecule has 0 saturated carbocycles. The third-order valence-corrected chi connectivity index (χ3v) is 4.01. The summed E-state index contributed by atoms with van der Waals surface area (Å²) in [4.78, 5) is 49.9. The second kappa shape index (κ2) is 10.1. The van der Waals surface area contributed by atoms with Crippen LogP contribution in [0, 0.1) is 0 Å². The molecule has 1 heterocycles. The molecule has 3 amide bonds. The van der Waals surface area contributed by atoms with Gasteiger partial charge in [-0.2, -0.15) is 0 Å². The van der Waals surface area contributed by atoms with E-state index in [0.717, 1.165) is 0 Å². The van der Waals surface area contributed by atoms with E-state index in [0.29, 0.717) is 32.8 Å². The minimum absolute atomic E-state index is 0.144. The topological polar surface area (TPSA) is 128 Å². The summed E-state index contributed by atoms with van der Waals surface area (Å²) in [6.45, 7) is 2.49. The molecule has 1 aliphatic rings. The van der Waals surface area contributed by atoms with Crippen LogP contribution >= 0.6 is 0 Å². The average Bonchev–Trinajstić information content (AvgIpc) is 2.70. The SMILES string of the molecule is CCOC(=O)N1CCN(C(=O)COC(=O)COc2ccccc2C(N)=O)CC1. The molecule has 1 fully saturated rings. The summed E-state index contributed by atoms with van der Waals surface area (Å²) >= 11 is 0. The van der Waals surface area contributed by atoms with Crippen LogP contribution in [0.4, 0.5) is 4.79 Å². The van der Waals surface area contributed by atoms with Gasteiger partial charge < -0.3 is 29.7 Å². The summed E-state index contributed by atoms with van der Waals surface area (Å²) in [6.07, 6.45) is -0.408. The number of hydrogen-bond acceptors (Lipinski definition) is 7. The number of carbonyl (C=O) groups is 4. The molecule has 2 N–H and O–H groups in total. The Morgan fingerprint density at radius 2 is 1.61 bits per heavy atom. The first-order chi connectivity index (χ1) is 13.4. The van der Waals surface area contributed by atoms with Gasteiger partial charge in [0.2, 0.25) is 0 Å². The number of hydrogen-bond donors (Lipinski definition) is 1. The van der Waals surface area contributed by atoms with Crippen LogP contribution in [-0.4, -0.2) is 79.7 Å². The van der Waals surface area contributed by atoms with Gasteiger partial charge >= 0.3 is 12.1 Å². The Morgan fingerprint density at radius 3 is 2.25 bits per heavy atom. The molecule has 1 aromatic rings.